The zero-order chi connectivity index (χ0) is 16.5. The van der Waals surface area contributed by atoms with Gasteiger partial charge in [0.1, 0.15) is 5.69 Å². The van der Waals surface area contributed by atoms with Crippen LogP contribution in [0.2, 0.25) is 0 Å². The second-order valence-corrected chi connectivity index (χ2v) is 6.46. The maximum atomic E-state index is 12.7. The van der Waals surface area contributed by atoms with Gasteiger partial charge in [-0.1, -0.05) is 18.6 Å². The van der Waals surface area contributed by atoms with E-state index < -0.39 is 5.41 Å². The van der Waals surface area contributed by atoms with Crippen molar-refractivity contribution in [3.63, 3.8) is 0 Å². The van der Waals surface area contributed by atoms with Gasteiger partial charge in [0.2, 0.25) is 0 Å². The molecule has 1 aromatic carbocycles. The molecule has 3 N–H and O–H groups in total. The molecule has 0 atom stereocenters. The molecule has 120 valence electrons. The van der Waals surface area contributed by atoms with Gasteiger partial charge < -0.3 is 20.1 Å². The molecule has 0 aliphatic rings. The number of hydrogen-bond donors (Lipinski definition) is 3. The molecule has 0 aliphatic carbocycles. The van der Waals surface area contributed by atoms with Gasteiger partial charge in [-0.25, -0.2) is 0 Å². The highest BCUT2D eigenvalue weighted by atomic mass is 16.3. The SMILES string of the molecule is Cc1ccc2[nH]c(C(=O)N(C)CC(C)(CO)CO)c(C)c2c1. The number of H-pyrrole nitrogens is 1. The molecule has 0 saturated heterocycles. The maximum Gasteiger partial charge on any atom is 0.270 e. The summed E-state index contributed by atoms with van der Waals surface area (Å²) in [4.78, 5) is 17.4. The van der Waals surface area contributed by atoms with E-state index in [0.29, 0.717) is 5.69 Å². The minimum absolute atomic E-state index is 0.139. The third-order valence-corrected chi connectivity index (χ3v) is 4.16. The zero-order valence-electron chi connectivity index (χ0n) is 13.6. The number of carbonyl (C=O) groups is 1. The predicted molar refractivity (Wildman–Crippen MR) is 87.0 cm³/mol. The van der Waals surface area contributed by atoms with Crippen LogP contribution in [0.5, 0.6) is 0 Å². The molecule has 22 heavy (non-hydrogen) atoms. The Morgan fingerprint density at radius 3 is 2.50 bits per heavy atom. The van der Waals surface area contributed by atoms with Crippen LogP contribution < -0.4 is 0 Å². The Morgan fingerprint density at radius 1 is 1.27 bits per heavy atom. The van der Waals surface area contributed by atoms with Gasteiger partial charge in [0, 0.05) is 29.9 Å². The molecule has 1 amide bonds. The van der Waals surface area contributed by atoms with Crippen molar-refractivity contribution >= 4 is 16.8 Å². The van der Waals surface area contributed by atoms with E-state index in [-0.39, 0.29) is 25.7 Å². The highest BCUT2D eigenvalue weighted by Crippen LogP contribution is 2.24. The number of nitrogens with zero attached hydrogens (tertiary/aromatic N) is 1. The Kier molecular flexibility index (Phi) is 4.58. The molecule has 0 fully saturated rings. The topological polar surface area (TPSA) is 76.6 Å². The number of aromatic nitrogens is 1. The molecular weight excluding hydrogens is 280 g/mol. The van der Waals surface area contributed by atoms with E-state index >= 15 is 0 Å². The summed E-state index contributed by atoms with van der Waals surface area (Å²) in [7, 11) is 1.68. The zero-order valence-corrected chi connectivity index (χ0v) is 13.6. The number of hydrogen-bond acceptors (Lipinski definition) is 3. The largest absolute Gasteiger partial charge is 0.396 e. The molecule has 1 aromatic heterocycles. The van der Waals surface area contributed by atoms with Crippen LogP contribution in [0.1, 0.15) is 28.5 Å². The molecule has 2 aromatic rings. The Balaban J connectivity index is 2.31. The highest BCUT2D eigenvalue weighted by Gasteiger charge is 2.28. The normalized spacial score (nSPS) is 11.9. The van der Waals surface area contributed by atoms with Crippen molar-refractivity contribution in [1.29, 1.82) is 0 Å². The predicted octanol–water partition coefficient (Wildman–Crippen LogP) is 1.85. The summed E-state index contributed by atoms with van der Waals surface area (Å²) in [6.07, 6.45) is 0. The molecule has 2 rings (SSSR count). The van der Waals surface area contributed by atoms with Crippen LogP contribution in [0.4, 0.5) is 0 Å². The van der Waals surface area contributed by atoms with Crippen molar-refractivity contribution in [2.45, 2.75) is 20.8 Å². The first-order chi connectivity index (χ1) is 10.3. The lowest BCUT2D eigenvalue weighted by Gasteiger charge is -2.30. The number of nitrogens with one attached hydrogen (secondary N) is 1. The molecule has 0 radical (unpaired) electrons. The molecule has 0 aliphatic heterocycles. The fourth-order valence-electron chi connectivity index (χ4n) is 2.64. The Bertz CT molecular complexity index is 687. The number of amides is 1. The lowest BCUT2D eigenvalue weighted by molar-refractivity contribution is 0.0363. The Morgan fingerprint density at radius 2 is 1.91 bits per heavy atom. The van der Waals surface area contributed by atoms with Crippen molar-refractivity contribution in [2.75, 3.05) is 26.8 Å². The summed E-state index contributed by atoms with van der Waals surface area (Å²) in [5.41, 5.74) is 2.86. The highest BCUT2D eigenvalue weighted by molar-refractivity contribution is 6.00. The van der Waals surface area contributed by atoms with Crippen molar-refractivity contribution in [2.24, 2.45) is 5.41 Å². The fraction of sp³-hybridized carbons (Fsp3) is 0.471. The average molecular weight is 304 g/mol. The first-order valence-corrected chi connectivity index (χ1v) is 7.37. The van der Waals surface area contributed by atoms with E-state index in [2.05, 4.69) is 11.1 Å². The van der Waals surface area contributed by atoms with Crippen LogP contribution in [0.15, 0.2) is 18.2 Å². The lowest BCUT2D eigenvalue weighted by atomic mass is 9.92. The molecule has 5 heteroatoms. The summed E-state index contributed by atoms with van der Waals surface area (Å²) < 4.78 is 0. The van der Waals surface area contributed by atoms with Crippen LogP contribution in [0, 0.1) is 19.3 Å². The van der Waals surface area contributed by atoms with Crippen LogP contribution in [-0.4, -0.2) is 52.8 Å². The van der Waals surface area contributed by atoms with Crippen molar-refractivity contribution in [3.05, 3.63) is 35.0 Å². The van der Waals surface area contributed by atoms with Gasteiger partial charge in [0.15, 0.2) is 0 Å². The van der Waals surface area contributed by atoms with Gasteiger partial charge in [0.05, 0.1) is 13.2 Å². The maximum absolute atomic E-state index is 12.7. The summed E-state index contributed by atoms with van der Waals surface area (Å²) >= 11 is 0. The number of benzene rings is 1. The molecule has 1 heterocycles. The second kappa shape index (κ2) is 6.10. The number of aliphatic hydroxyl groups is 2. The van der Waals surface area contributed by atoms with Gasteiger partial charge in [-0.15, -0.1) is 0 Å². The summed E-state index contributed by atoms with van der Waals surface area (Å²) in [5.74, 6) is -0.139. The van der Waals surface area contributed by atoms with E-state index in [1.54, 1.807) is 14.0 Å². The Labute approximate surface area is 130 Å². The van der Waals surface area contributed by atoms with E-state index in [1.165, 1.54) is 4.90 Å². The minimum Gasteiger partial charge on any atom is -0.396 e. The van der Waals surface area contributed by atoms with E-state index in [0.717, 1.165) is 22.0 Å². The fourth-order valence-corrected chi connectivity index (χ4v) is 2.64. The summed E-state index contributed by atoms with van der Waals surface area (Å²) in [5, 5.41) is 19.8. The quantitative estimate of drug-likeness (QED) is 0.789. The van der Waals surface area contributed by atoms with Crippen molar-refractivity contribution in [3.8, 4) is 0 Å². The first kappa shape index (κ1) is 16.5. The van der Waals surface area contributed by atoms with Crippen LogP contribution >= 0.6 is 0 Å². The summed E-state index contributed by atoms with van der Waals surface area (Å²) in [6, 6.07) is 6.04. The van der Waals surface area contributed by atoms with E-state index in [9.17, 15) is 15.0 Å². The monoisotopic (exact) mass is 304 g/mol. The van der Waals surface area contributed by atoms with Gasteiger partial charge in [-0.3, -0.25) is 4.79 Å². The Hall–Kier alpha value is -1.85. The summed E-state index contributed by atoms with van der Waals surface area (Å²) in [6.45, 7) is 5.63. The molecule has 0 saturated carbocycles. The van der Waals surface area contributed by atoms with E-state index in [1.807, 2.05) is 26.0 Å². The third kappa shape index (κ3) is 3.00. The number of aryl methyl sites for hydroxylation is 2. The van der Waals surface area contributed by atoms with Crippen LogP contribution in [0.25, 0.3) is 10.9 Å². The van der Waals surface area contributed by atoms with Gasteiger partial charge >= 0.3 is 0 Å². The van der Waals surface area contributed by atoms with Crippen LogP contribution in [0.3, 0.4) is 0 Å². The van der Waals surface area contributed by atoms with Crippen LogP contribution in [-0.2, 0) is 0 Å². The molecule has 0 bridgehead atoms. The standard InChI is InChI=1S/C17H24N2O3/c1-11-5-6-14-13(7-11)12(2)15(18-14)16(22)19(4)8-17(3,9-20)10-21/h5-7,18,20-21H,8-10H2,1-4H3. The van der Waals surface area contributed by atoms with Crippen molar-refractivity contribution < 1.29 is 15.0 Å². The van der Waals surface area contributed by atoms with Crippen molar-refractivity contribution in [1.82, 2.24) is 9.88 Å². The first-order valence-electron chi connectivity index (χ1n) is 7.37. The molecular formula is C17H24N2O3. The molecule has 5 nitrogen and oxygen atoms in total. The molecule has 0 spiro atoms. The number of fused-ring (bicyclic) bond motifs is 1. The minimum atomic E-state index is -0.707. The number of aromatic amines is 1. The smallest absolute Gasteiger partial charge is 0.270 e. The number of carbonyl (C=O) groups excluding carboxylic acids is 1. The second-order valence-electron chi connectivity index (χ2n) is 6.46. The van der Waals surface area contributed by atoms with E-state index in [4.69, 9.17) is 0 Å². The van der Waals surface area contributed by atoms with Gasteiger partial charge in [-0.2, -0.15) is 0 Å². The number of aliphatic hydroxyl groups excluding tert-OH is 2. The number of rotatable bonds is 5. The third-order valence-electron chi connectivity index (χ3n) is 4.16. The molecule has 0 unspecified atom stereocenters. The van der Waals surface area contributed by atoms with Gasteiger partial charge in [-0.05, 0) is 31.5 Å². The average Bonchev–Trinajstić information content (AvgIpc) is 2.83. The lowest BCUT2D eigenvalue weighted by Crippen LogP contribution is -2.41. The van der Waals surface area contributed by atoms with Gasteiger partial charge in [0.25, 0.3) is 5.91 Å².